The Labute approximate surface area is 88.0 Å². The van der Waals surface area contributed by atoms with Crippen LogP contribution in [0.15, 0.2) is 11.2 Å². The second-order valence-corrected chi connectivity index (χ2v) is 4.43. The molecule has 1 aliphatic heterocycles. The third-order valence-corrected chi connectivity index (χ3v) is 3.37. The second-order valence-electron chi connectivity index (χ2n) is 4.43. The molecule has 0 saturated heterocycles. The topological polar surface area (TPSA) is 47.2 Å². The minimum atomic E-state index is -0.300. The fraction of sp³-hybridized carbons (Fsp3) is 0.636. The van der Waals surface area contributed by atoms with Gasteiger partial charge in [0.15, 0.2) is 0 Å². The van der Waals surface area contributed by atoms with Gasteiger partial charge in [-0.15, -0.1) is 0 Å². The molecule has 3 rings (SSSR count). The van der Waals surface area contributed by atoms with Gasteiger partial charge < -0.3 is 4.57 Å². The number of imidazole rings is 1. The number of nitrogens with zero attached hydrogens (tertiary/aromatic N) is 3. The summed E-state index contributed by atoms with van der Waals surface area (Å²) in [7, 11) is 0. The highest BCUT2D eigenvalue weighted by molar-refractivity contribution is 5.39. The second kappa shape index (κ2) is 3.04. The zero-order valence-electron chi connectivity index (χ0n) is 8.57. The van der Waals surface area contributed by atoms with Gasteiger partial charge in [-0.25, -0.2) is 9.78 Å². The molecule has 15 heavy (non-hydrogen) atoms. The fourth-order valence-electron chi connectivity index (χ4n) is 2.27. The van der Waals surface area contributed by atoms with Crippen LogP contribution >= 0.6 is 0 Å². The number of aryl methyl sites for hydroxylation is 2. The molecule has 2 aliphatic rings. The van der Waals surface area contributed by atoms with E-state index in [4.69, 9.17) is 0 Å². The van der Waals surface area contributed by atoms with Crippen molar-refractivity contribution in [2.45, 2.75) is 44.2 Å². The van der Waals surface area contributed by atoms with E-state index in [1.165, 1.54) is 12.8 Å². The van der Waals surface area contributed by atoms with Gasteiger partial charge in [-0.2, -0.15) is 4.99 Å². The van der Waals surface area contributed by atoms with E-state index in [1.807, 2.05) is 0 Å². The molecule has 1 aliphatic carbocycles. The van der Waals surface area contributed by atoms with E-state index in [0.29, 0.717) is 0 Å². The van der Waals surface area contributed by atoms with Crippen molar-refractivity contribution in [1.29, 1.82) is 0 Å². The highest BCUT2D eigenvalue weighted by Crippen LogP contribution is 2.48. The van der Waals surface area contributed by atoms with Crippen molar-refractivity contribution in [2.24, 2.45) is 4.99 Å². The average Bonchev–Trinajstić information content (AvgIpc) is 2.91. The summed E-state index contributed by atoms with van der Waals surface area (Å²) >= 11 is 0. The Hall–Kier alpha value is -1.41. The summed E-state index contributed by atoms with van der Waals surface area (Å²) in [6.07, 6.45) is 9.14. The Morgan fingerprint density at radius 1 is 1.47 bits per heavy atom. The summed E-state index contributed by atoms with van der Waals surface area (Å²) in [6.45, 7) is 1.06. The predicted molar refractivity (Wildman–Crippen MR) is 54.2 cm³/mol. The van der Waals surface area contributed by atoms with Gasteiger partial charge in [0.2, 0.25) is 6.08 Å². The minimum absolute atomic E-state index is 0.300. The Bertz CT molecular complexity index is 415. The summed E-state index contributed by atoms with van der Waals surface area (Å²) in [5, 5.41) is 0. The van der Waals surface area contributed by atoms with Crippen LogP contribution in [-0.2, 0) is 23.3 Å². The normalized spacial score (nSPS) is 21.6. The first-order valence-electron chi connectivity index (χ1n) is 5.50. The number of hydrogen-bond donors (Lipinski definition) is 0. The van der Waals surface area contributed by atoms with Crippen molar-refractivity contribution in [2.75, 3.05) is 0 Å². The molecule has 1 fully saturated rings. The maximum absolute atomic E-state index is 10.4. The van der Waals surface area contributed by atoms with Crippen molar-refractivity contribution in [3.05, 3.63) is 17.7 Å². The number of isocyanates is 1. The number of aliphatic imine (C=N–C) groups is 1. The van der Waals surface area contributed by atoms with E-state index in [2.05, 4.69) is 20.7 Å². The standard InChI is InChI=1S/C11H13N3O/c15-8-12-11(4-5-11)9-7-14-6-2-1-3-10(14)13-9/h7H,1-6H2. The van der Waals surface area contributed by atoms with Crippen molar-refractivity contribution in [3.8, 4) is 0 Å². The van der Waals surface area contributed by atoms with Crippen LogP contribution < -0.4 is 0 Å². The van der Waals surface area contributed by atoms with Crippen LogP contribution in [-0.4, -0.2) is 15.6 Å². The zero-order chi connectivity index (χ0) is 10.3. The molecule has 0 spiro atoms. The van der Waals surface area contributed by atoms with Crippen molar-refractivity contribution < 1.29 is 4.79 Å². The average molecular weight is 203 g/mol. The first-order valence-corrected chi connectivity index (χ1v) is 5.50. The Morgan fingerprint density at radius 3 is 3.00 bits per heavy atom. The maximum atomic E-state index is 10.4. The molecule has 1 saturated carbocycles. The van der Waals surface area contributed by atoms with Crippen LogP contribution in [0.3, 0.4) is 0 Å². The predicted octanol–water partition coefficient (Wildman–Crippen LogP) is 1.54. The van der Waals surface area contributed by atoms with Crippen LogP contribution in [0, 0.1) is 0 Å². The third-order valence-electron chi connectivity index (χ3n) is 3.37. The molecule has 0 amide bonds. The molecule has 0 aromatic carbocycles. The van der Waals surface area contributed by atoms with Crippen molar-refractivity contribution in [1.82, 2.24) is 9.55 Å². The van der Waals surface area contributed by atoms with Gasteiger partial charge in [0, 0.05) is 19.2 Å². The number of carbonyl (C=O) groups excluding carboxylic acids is 1. The van der Waals surface area contributed by atoms with E-state index >= 15 is 0 Å². The summed E-state index contributed by atoms with van der Waals surface area (Å²) < 4.78 is 2.21. The van der Waals surface area contributed by atoms with Crippen molar-refractivity contribution >= 4 is 6.08 Å². The lowest BCUT2D eigenvalue weighted by Crippen LogP contribution is -2.08. The van der Waals surface area contributed by atoms with Crippen LogP contribution in [0.5, 0.6) is 0 Å². The highest BCUT2D eigenvalue weighted by Gasteiger charge is 2.47. The van der Waals surface area contributed by atoms with E-state index in [9.17, 15) is 4.79 Å². The Kier molecular flexibility index (Phi) is 1.80. The smallest absolute Gasteiger partial charge is 0.235 e. The number of fused-ring (bicyclic) bond motifs is 1. The molecule has 0 unspecified atom stereocenters. The number of hydrogen-bond acceptors (Lipinski definition) is 3. The lowest BCUT2D eigenvalue weighted by Gasteiger charge is -2.11. The van der Waals surface area contributed by atoms with Gasteiger partial charge in [0.05, 0.1) is 5.69 Å². The number of rotatable bonds is 2. The molecular weight excluding hydrogens is 190 g/mol. The molecule has 1 aromatic rings. The van der Waals surface area contributed by atoms with Gasteiger partial charge in [-0.05, 0) is 25.7 Å². The third kappa shape index (κ3) is 1.33. The van der Waals surface area contributed by atoms with E-state index in [1.54, 1.807) is 6.08 Å². The molecular formula is C11H13N3O. The molecule has 78 valence electrons. The van der Waals surface area contributed by atoms with Crippen LogP contribution in [0.25, 0.3) is 0 Å². The SMILES string of the molecule is O=C=NC1(c2cn3c(n2)CCCC3)CC1. The molecule has 2 heterocycles. The monoisotopic (exact) mass is 203 g/mol. The lowest BCUT2D eigenvalue weighted by molar-refractivity contribution is 0.522. The molecule has 1 aromatic heterocycles. The molecule has 0 atom stereocenters. The summed E-state index contributed by atoms with van der Waals surface area (Å²) in [4.78, 5) is 18.8. The van der Waals surface area contributed by atoms with Gasteiger partial charge in [-0.3, -0.25) is 0 Å². The largest absolute Gasteiger partial charge is 0.335 e. The van der Waals surface area contributed by atoms with Crippen LogP contribution in [0.2, 0.25) is 0 Å². The summed E-state index contributed by atoms with van der Waals surface area (Å²) in [6, 6.07) is 0. The lowest BCUT2D eigenvalue weighted by atomic mass is 10.2. The quantitative estimate of drug-likeness (QED) is 0.540. The zero-order valence-corrected chi connectivity index (χ0v) is 8.57. The van der Waals surface area contributed by atoms with Gasteiger partial charge >= 0.3 is 0 Å². The van der Waals surface area contributed by atoms with Gasteiger partial charge in [0.1, 0.15) is 11.4 Å². The summed E-state index contributed by atoms with van der Waals surface area (Å²) in [5.41, 5.74) is 0.675. The molecule has 0 N–H and O–H groups in total. The highest BCUT2D eigenvalue weighted by atomic mass is 16.1. The van der Waals surface area contributed by atoms with Gasteiger partial charge in [-0.1, -0.05) is 0 Å². The van der Waals surface area contributed by atoms with Crippen LogP contribution in [0.4, 0.5) is 0 Å². The van der Waals surface area contributed by atoms with E-state index < -0.39 is 0 Å². The van der Waals surface area contributed by atoms with Crippen molar-refractivity contribution in [3.63, 3.8) is 0 Å². The van der Waals surface area contributed by atoms with Crippen LogP contribution in [0.1, 0.15) is 37.2 Å². The molecule has 4 heteroatoms. The van der Waals surface area contributed by atoms with Gasteiger partial charge in [0.25, 0.3) is 0 Å². The minimum Gasteiger partial charge on any atom is -0.335 e. The summed E-state index contributed by atoms with van der Waals surface area (Å²) in [5.74, 6) is 1.16. The first-order chi connectivity index (χ1) is 7.34. The number of aromatic nitrogens is 2. The molecule has 4 nitrogen and oxygen atoms in total. The maximum Gasteiger partial charge on any atom is 0.235 e. The fourth-order valence-corrected chi connectivity index (χ4v) is 2.27. The van der Waals surface area contributed by atoms with E-state index in [-0.39, 0.29) is 5.54 Å². The van der Waals surface area contributed by atoms with E-state index in [0.717, 1.165) is 37.3 Å². The molecule has 0 bridgehead atoms. The first kappa shape index (κ1) is 8.86. The Balaban J connectivity index is 1.99. The Morgan fingerprint density at radius 2 is 2.33 bits per heavy atom. The molecule has 0 radical (unpaired) electrons.